The molecule has 31 heavy (non-hydrogen) atoms. The molecule has 0 radical (unpaired) electrons. The summed E-state index contributed by atoms with van der Waals surface area (Å²) in [5.41, 5.74) is 4.75. The summed E-state index contributed by atoms with van der Waals surface area (Å²) in [4.78, 5) is 28.3. The zero-order valence-electron chi connectivity index (χ0n) is 17.3. The van der Waals surface area contributed by atoms with Crippen LogP contribution in [0.2, 0.25) is 0 Å². The molecule has 158 valence electrons. The van der Waals surface area contributed by atoms with E-state index < -0.39 is 0 Å². The molecule has 7 heteroatoms. The molecular weight excluding hydrogens is 410 g/mol. The van der Waals surface area contributed by atoms with Crippen LogP contribution >= 0.6 is 11.3 Å². The number of nitrogens with one attached hydrogen (secondary N) is 2. The first-order valence-electron chi connectivity index (χ1n) is 10.0. The van der Waals surface area contributed by atoms with Gasteiger partial charge in [0.05, 0.1) is 18.3 Å². The lowest BCUT2D eigenvalue weighted by Gasteiger charge is -2.26. The third-order valence-electron chi connectivity index (χ3n) is 4.96. The number of nitrogens with zero attached hydrogens (tertiary/aromatic N) is 1. The van der Waals surface area contributed by atoms with Gasteiger partial charge in [0.1, 0.15) is 5.75 Å². The Balaban J connectivity index is 1.46. The summed E-state index contributed by atoms with van der Waals surface area (Å²) in [5, 5.41) is 8.22. The quantitative estimate of drug-likeness (QED) is 0.570. The lowest BCUT2D eigenvalue weighted by Crippen LogP contribution is -2.30. The van der Waals surface area contributed by atoms with Gasteiger partial charge in [-0.3, -0.25) is 14.9 Å². The minimum Gasteiger partial charge on any atom is -0.493 e. The first kappa shape index (κ1) is 20.8. The highest BCUT2D eigenvalue weighted by Gasteiger charge is 2.23. The summed E-state index contributed by atoms with van der Waals surface area (Å²) < 4.78 is 5.72. The summed E-state index contributed by atoms with van der Waals surface area (Å²) in [5.74, 6) is 0.477. The predicted molar refractivity (Wildman–Crippen MR) is 123 cm³/mol. The van der Waals surface area contributed by atoms with Crippen LogP contribution in [0.4, 0.5) is 5.13 Å². The van der Waals surface area contributed by atoms with Gasteiger partial charge in [0.2, 0.25) is 11.8 Å². The zero-order valence-corrected chi connectivity index (χ0v) is 18.2. The zero-order chi connectivity index (χ0) is 21.8. The number of aryl methyl sites for hydroxylation is 1. The van der Waals surface area contributed by atoms with Crippen LogP contribution in [0.25, 0.3) is 17.3 Å². The topological polar surface area (TPSA) is 80.3 Å². The minimum atomic E-state index is -0.231. The highest BCUT2D eigenvalue weighted by Crippen LogP contribution is 2.36. The number of aromatic nitrogens is 1. The van der Waals surface area contributed by atoms with Crippen molar-refractivity contribution in [3.63, 3.8) is 0 Å². The predicted octanol–water partition coefficient (Wildman–Crippen LogP) is 4.73. The number of benzene rings is 2. The van der Waals surface area contributed by atoms with Crippen molar-refractivity contribution < 1.29 is 14.3 Å². The lowest BCUT2D eigenvalue weighted by molar-refractivity contribution is -0.119. The van der Waals surface area contributed by atoms with Gasteiger partial charge in [-0.2, -0.15) is 0 Å². The smallest absolute Gasteiger partial charge is 0.250 e. The summed E-state index contributed by atoms with van der Waals surface area (Å²) in [6.45, 7) is 4.11. The Labute approximate surface area is 185 Å². The molecule has 1 aliphatic heterocycles. The molecule has 1 unspecified atom stereocenters. The number of amides is 2. The van der Waals surface area contributed by atoms with Crippen molar-refractivity contribution in [1.29, 1.82) is 0 Å². The maximum absolute atomic E-state index is 12.2. The minimum absolute atomic E-state index is 0.0689. The molecule has 1 aromatic heterocycles. The molecule has 0 saturated carbocycles. The molecule has 0 bridgehead atoms. The van der Waals surface area contributed by atoms with Crippen molar-refractivity contribution >= 4 is 34.4 Å². The fourth-order valence-corrected chi connectivity index (χ4v) is 4.13. The molecule has 2 amide bonds. The van der Waals surface area contributed by atoms with E-state index in [4.69, 9.17) is 4.74 Å². The van der Waals surface area contributed by atoms with Crippen LogP contribution in [0.15, 0.2) is 53.9 Å². The Bertz CT molecular complexity index is 1140. The lowest BCUT2D eigenvalue weighted by atomic mass is 9.97. The van der Waals surface area contributed by atoms with E-state index in [9.17, 15) is 9.59 Å². The molecule has 0 fully saturated rings. The molecule has 3 aromatic rings. The van der Waals surface area contributed by atoms with E-state index in [0.29, 0.717) is 11.7 Å². The van der Waals surface area contributed by atoms with E-state index in [1.165, 1.54) is 29.9 Å². The average molecular weight is 434 g/mol. The van der Waals surface area contributed by atoms with E-state index >= 15 is 0 Å². The van der Waals surface area contributed by atoms with Crippen molar-refractivity contribution in [2.24, 2.45) is 0 Å². The fourth-order valence-electron chi connectivity index (χ4n) is 3.41. The van der Waals surface area contributed by atoms with Gasteiger partial charge >= 0.3 is 0 Å². The molecule has 2 N–H and O–H groups in total. The van der Waals surface area contributed by atoms with Crippen molar-refractivity contribution in [3.8, 4) is 17.0 Å². The van der Waals surface area contributed by atoms with E-state index in [1.807, 2.05) is 54.8 Å². The van der Waals surface area contributed by atoms with Gasteiger partial charge in [-0.15, -0.1) is 11.3 Å². The van der Waals surface area contributed by atoms with Gasteiger partial charge in [-0.05, 0) is 36.8 Å². The summed E-state index contributed by atoms with van der Waals surface area (Å²) >= 11 is 1.37. The molecule has 0 aliphatic carbocycles. The number of anilines is 1. The molecule has 0 spiro atoms. The van der Waals surface area contributed by atoms with Gasteiger partial charge in [0.15, 0.2) is 5.13 Å². The first-order chi connectivity index (χ1) is 15.0. The van der Waals surface area contributed by atoms with Crippen LogP contribution in [0.5, 0.6) is 5.75 Å². The Morgan fingerprint density at radius 2 is 2.00 bits per heavy atom. The Kier molecular flexibility index (Phi) is 6.13. The van der Waals surface area contributed by atoms with Crippen LogP contribution in [0.1, 0.15) is 36.1 Å². The van der Waals surface area contributed by atoms with Crippen LogP contribution in [0, 0.1) is 6.92 Å². The fraction of sp³-hybridized carbons (Fsp3) is 0.208. The molecule has 1 aliphatic rings. The van der Waals surface area contributed by atoms with E-state index in [1.54, 1.807) is 6.08 Å². The highest BCUT2D eigenvalue weighted by atomic mass is 32.1. The standard InChI is InChI=1S/C24H23N3O3S/c1-15-3-5-17(6-4-15)7-10-23(29)27-24-26-21(14-31-24)18-8-9-22-19(13-18)20(11-12-30-22)25-16(2)28/h3-10,13-14,20H,11-12H2,1-2H3,(H,25,28)(H,26,27,29)/b10-7+. The third-order valence-corrected chi connectivity index (χ3v) is 5.72. The van der Waals surface area contributed by atoms with Gasteiger partial charge in [0, 0.05) is 35.9 Å². The highest BCUT2D eigenvalue weighted by molar-refractivity contribution is 7.14. The van der Waals surface area contributed by atoms with Gasteiger partial charge in [-0.1, -0.05) is 29.8 Å². The van der Waals surface area contributed by atoms with Gasteiger partial charge < -0.3 is 10.1 Å². The number of carbonyl (C=O) groups excluding carboxylic acids is 2. The number of hydrogen-bond donors (Lipinski definition) is 2. The van der Waals surface area contributed by atoms with E-state index in [-0.39, 0.29) is 17.9 Å². The maximum atomic E-state index is 12.2. The number of hydrogen-bond acceptors (Lipinski definition) is 5. The number of carbonyl (C=O) groups is 2. The van der Waals surface area contributed by atoms with Crippen molar-refractivity contribution in [2.45, 2.75) is 26.3 Å². The Morgan fingerprint density at radius 1 is 1.19 bits per heavy atom. The van der Waals surface area contributed by atoms with E-state index in [2.05, 4.69) is 15.6 Å². The van der Waals surface area contributed by atoms with E-state index in [0.717, 1.165) is 34.6 Å². The Hall–Kier alpha value is -3.45. The van der Waals surface area contributed by atoms with Crippen molar-refractivity contribution in [2.75, 3.05) is 11.9 Å². The van der Waals surface area contributed by atoms with Crippen LogP contribution < -0.4 is 15.4 Å². The molecule has 2 aromatic carbocycles. The number of fused-ring (bicyclic) bond motifs is 1. The molecular formula is C24H23N3O3S. The molecule has 1 atom stereocenters. The molecule has 0 saturated heterocycles. The number of rotatable bonds is 5. The SMILES string of the molecule is CC(=O)NC1CCOc2ccc(-c3csc(NC(=O)/C=C/c4ccc(C)cc4)n3)cc21. The average Bonchev–Trinajstić information content (AvgIpc) is 3.21. The van der Waals surface area contributed by atoms with Crippen molar-refractivity contribution in [3.05, 3.63) is 70.6 Å². The van der Waals surface area contributed by atoms with Gasteiger partial charge in [0.25, 0.3) is 0 Å². The second-order valence-corrected chi connectivity index (χ2v) is 8.27. The summed E-state index contributed by atoms with van der Waals surface area (Å²) in [6.07, 6.45) is 4.00. The molecule has 4 rings (SSSR count). The van der Waals surface area contributed by atoms with Crippen LogP contribution in [-0.2, 0) is 9.59 Å². The maximum Gasteiger partial charge on any atom is 0.250 e. The normalized spacial score (nSPS) is 15.2. The summed E-state index contributed by atoms with van der Waals surface area (Å²) in [7, 11) is 0. The second kappa shape index (κ2) is 9.14. The molecule has 6 nitrogen and oxygen atoms in total. The molecule has 2 heterocycles. The Morgan fingerprint density at radius 3 is 2.77 bits per heavy atom. The summed E-state index contributed by atoms with van der Waals surface area (Å²) in [6, 6.07) is 13.7. The number of thiazole rings is 1. The third kappa shape index (κ3) is 5.19. The largest absolute Gasteiger partial charge is 0.493 e. The first-order valence-corrected chi connectivity index (χ1v) is 10.9. The second-order valence-electron chi connectivity index (χ2n) is 7.41. The number of ether oxygens (including phenoxy) is 1. The van der Waals surface area contributed by atoms with Crippen LogP contribution in [-0.4, -0.2) is 23.4 Å². The van der Waals surface area contributed by atoms with Gasteiger partial charge in [-0.25, -0.2) is 4.98 Å². The van der Waals surface area contributed by atoms with Crippen LogP contribution in [0.3, 0.4) is 0 Å². The van der Waals surface area contributed by atoms with Crippen molar-refractivity contribution in [1.82, 2.24) is 10.3 Å². The monoisotopic (exact) mass is 433 g/mol.